The Bertz CT molecular complexity index is 335. The minimum absolute atomic E-state index is 0.0616. The fourth-order valence-corrected chi connectivity index (χ4v) is 3.47. The van der Waals surface area contributed by atoms with Crippen LogP contribution in [0.25, 0.3) is 0 Å². The Labute approximate surface area is 118 Å². The first-order chi connectivity index (χ1) is 8.40. The molecule has 0 aromatic rings. The third kappa shape index (κ3) is 2.63. The van der Waals surface area contributed by atoms with Gasteiger partial charge in [0.25, 0.3) is 0 Å². The van der Waals surface area contributed by atoms with Gasteiger partial charge in [0.2, 0.25) is 5.91 Å². The molecule has 0 unspecified atom stereocenters. The molecule has 0 saturated heterocycles. The summed E-state index contributed by atoms with van der Waals surface area (Å²) in [5.74, 6) is 0.0942. The number of alkyl halides is 2. The van der Waals surface area contributed by atoms with Crippen molar-refractivity contribution in [3.05, 3.63) is 0 Å². The van der Waals surface area contributed by atoms with E-state index in [1.165, 1.54) is 6.42 Å². The second-order valence-electron chi connectivity index (χ2n) is 5.87. The minimum atomic E-state index is -0.920. The van der Waals surface area contributed by atoms with Crippen molar-refractivity contribution in [2.24, 2.45) is 11.3 Å². The Kier molecular flexibility index (Phi) is 4.15. The maximum atomic E-state index is 12.2. The number of halogens is 2. The number of nitrogens with one attached hydrogen (secondary N) is 1. The predicted molar refractivity (Wildman–Crippen MR) is 72.8 cm³/mol. The molecule has 0 bridgehead atoms. The van der Waals surface area contributed by atoms with Crippen molar-refractivity contribution in [3.8, 4) is 0 Å². The van der Waals surface area contributed by atoms with Gasteiger partial charge in [-0.25, -0.2) is 0 Å². The van der Waals surface area contributed by atoms with E-state index in [9.17, 15) is 9.90 Å². The van der Waals surface area contributed by atoms with Crippen molar-refractivity contribution in [1.82, 2.24) is 5.32 Å². The number of rotatable bonds is 3. The van der Waals surface area contributed by atoms with Crippen molar-refractivity contribution in [1.29, 1.82) is 0 Å². The average molecular weight is 294 g/mol. The van der Waals surface area contributed by atoms with Crippen LogP contribution in [0.2, 0.25) is 0 Å². The number of hydrogen-bond acceptors (Lipinski definition) is 2. The normalized spacial score (nSPS) is 38.9. The van der Waals surface area contributed by atoms with Gasteiger partial charge >= 0.3 is 0 Å². The SMILES string of the molecule is C[C@]1(C(=O)N[C@H]2CCCCC[C@@H]2CO)CC1(Cl)Cl. The summed E-state index contributed by atoms with van der Waals surface area (Å²) in [6, 6.07) is 0.0616. The molecule has 0 heterocycles. The van der Waals surface area contributed by atoms with E-state index in [4.69, 9.17) is 23.2 Å². The van der Waals surface area contributed by atoms with E-state index in [1.807, 2.05) is 0 Å². The zero-order valence-electron chi connectivity index (χ0n) is 10.7. The fourth-order valence-electron chi connectivity index (χ4n) is 2.77. The Balaban J connectivity index is 1.97. The summed E-state index contributed by atoms with van der Waals surface area (Å²) in [6.45, 7) is 1.93. The Morgan fingerprint density at radius 1 is 1.33 bits per heavy atom. The van der Waals surface area contributed by atoms with Crippen LogP contribution in [0.5, 0.6) is 0 Å². The van der Waals surface area contributed by atoms with Crippen molar-refractivity contribution >= 4 is 29.1 Å². The van der Waals surface area contributed by atoms with Crippen LogP contribution in [0.3, 0.4) is 0 Å². The lowest BCUT2D eigenvalue weighted by Crippen LogP contribution is -2.45. The molecule has 2 N–H and O–H groups in total. The number of aliphatic hydroxyl groups is 1. The smallest absolute Gasteiger partial charge is 0.229 e. The maximum absolute atomic E-state index is 12.2. The summed E-state index contributed by atoms with van der Waals surface area (Å²) in [6.07, 6.45) is 5.82. The van der Waals surface area contributed by atoms with Crippen molar-refractivity contribution in [2.75, 3.05) is 6.61 Å². The van der Waals surface area contributed by atoms with E-state index in [0.29, 0.717) is 6.42 Å². The largest absolute Gasteiger partial charge is 0.396 e. The van der Waals surface area contributed by atoms with Gasteiger partial charge in [-0.15, -0.1) is 23.2 Å². The molecule has 104 valence electrons. The lowest BCUT2D eigenvalue weighted by atomic mass is 9.94. The molecule has 2 aliphatic rings. The molecule has 2 saturated carbocycles. The lowest BCUT2D eigenvalue weighted by molar-refractivity contribution is -0.127. The van der Waals surface area contributed by atoms with Crippen LogP contribution in [0.4, 0.5) is 0 Å². The van der Waals surface area contributed by atoms with Gasteiger partial charge in [0.05, 0.1) is 5.41 Å². The molecule has 0 spiro atoms. The van der Waals surface area contributed by atoms with Crippen LogP contribution in [-0.4, -0.2) is 28.0 Å². The van der Waals surface area contributed by atoms with Gasteiger partial charge in [0.15, 0.2) is 0 Å². The molecule has 0 aromatic heterocycles. The van der Waals surface area contributed by atoms with Crippen LogP contribution < -0.4 is 5.32 Å². The number of carbonyl (C=O) groups is 1. The molecule has 2 aliphatic carbocycles. The summed E-state index contributed by atoms with van der Waals surface area (Å²) >= 11 is 12.0. The van der Waals surface area contributed by atoms with Crippen molar-refractivity contribution in [2.45, 2.75) is 55.8 Å². The molecule has 2 fully saturated rings. The first kappa shape index (κ1) is 14.4. The zero-order valence-corrected chi connectivity index (χ0v) is 12.2. The van der Waals surface area contributed by atoms with Gasteiger partial charge in [-0.1, -0.05) is 19.3 Å². The topological polar surface area (TPSA) is 49.3 Å². The quantitative estimate of drug-likeness (QED) is 0.621. The van der Waals surface area contributed by atoms with Gasteiger partial charge in [-0.2, -0.15) is 0 Å². The molecule has 0 aromatic carbocycles. The Hall–Kier alpha value is 0.01000. The van der Waals surface area contributed by atoms with E-state index in [2.05, 4.69) is 5.32 Å². The molecule has 18 heavy (non-hydrogen) atoms. The van der Waals surface area contributed by atoms with Crippen LogP contribution in [0.15, 0.2) is 0 Å². The number of amides is 1. The third-order valence-corrected chi connectivity index (χ3v) is 5.57. The highest BCUT2D eigenvalue weighted by molar-refractivity contribution is 6.53. The lowest BCUT2D eigenvalue weighted by Gasteiger charge is -2.26. The van der Waals surface area contributed by atoms with Crippen LogP contribution in [0, 0.1) is 11.3 Å². The highest BCUT2D eigenvalue weighted by atomic mass is 35.5. The van der Waals surface area contributed by atoms with E-state index in [-0.39, 0.29) is 24.5 Å². The molecule has 3 nitrogen and oxygen atoms in total. The third-order valence-electron chi connectivity index (χ3n) is 4.47. The van der Waals surface area contributed by atoms with Gasteiger partial charge in [0, 0.05) is 18.6 Å². The van der Waals surface area contributed by atoms with E-state index in [0.717, 1.165) is 25.7 Å². The monoisotopic (exact) mass is 293 g/mol. The molecule has 3 atom stereocenters. The van der Waals surface area contributed by atoms with Gasteiger partial charge < -0.3 is 10.4 Å². The van der Waals surface area contributed by atoms with E-state index < -0.39 is 9.75 Å². The molecular weight excluding hydrogens is 273 g/mol. The van der Waals surface area contributed by atoms with Gasteiger partial charge in [-0.3, -0.25) is 4.79 Å². The van der Waals surface area contributed by atoms with Gasteiger partial charge in [-0.05, 0) is 26.2 Å². The Morgan fingerprint density at radius 2 is 1.94 bits per heavy atom. The van der Waals surface area contributed by atoms with Crippen molar-refractivity contribution < 1.29 is 9.90 Å². The summed E-state index contributed by atoms with van der Waals surface area (Å²) in [5.41, 5.74) is -0.664. The van der Waals surface area contributed by atoms with Crippen LogP contribution in [0.1, 0.15) is 45.4 Å². The van der Waals surface area contributed by atoms with Crippen LogP contribution in [-0.2, 0) is 4.79 Å². The molecule has 5 heteroatoms. The van der Waals surface area contributed by atoms with E-state index >= 15 is 0 Å². The Morgan fingerprint density at radius 3 is 2.50 bits per heavy atom. The molecule has 1 amide bonds. The van der Waals surface area contributed by atoms with E-state index in [1.54, 1.807) is 6.92 Å². The second-order valence-corrected chi connectivity index (χ2v) is 7.36. The highest BCUT2D eigenvalue weighted by Crippen LogP contribution is 2.63. The first-order valence-corrected chi connectivity index (χ1v) is 7.46. The number of aliphatic hydroxyl groups excluding tert-OH is 1. The molecular formula is C13H21Cl2NO2. The summed E-state index contributed by atoms with van der Waals surface area (Å²) in [5, 5.41) is 12.5. The molecule has 2 rings (SSSR count). The molecule has 0 aliphatic heterocycles. The molecule has 0 radical (unpaired) electrons. The zero-order chi connectivity index (χ0) is 13.4. The minimum Gasteiger partial charge on any atom is -0.396 e. The number of hydrogen-bond donors (Lipinski definition) is 2. The standard InChI is InChI=1S/C13H21Cl2NO2/c1-12(8-13(12,14)15)11(18)16-10-6-4-2-3-5-9(10)7-17/h9-10,17H,2-8H2,1H3,(H,16,18)/t9-,10+,12-/m1/s1. The highest BCUT2D eigenvalue weighted by Gasteiger charge is 2.68. The summed E-state index contributed by atoms with van der Waals surface area (Å²) in [4.78, 5) is 12.2. The fraction of sp³-hybridized carbons (Fsp3) is 0.923. The summed E-state index contributed by atoms with van der Waals surface area (Å²) < 4.78 is -0.920. The predicted octanol–water partition coefficient (Wildman–Crippen LogP) is 2.63. The van der Waals surface area contributed by atoms with Gasteiger partial charge in [0.1, 0.15) is 4.33 Å². The van der Waals surface area contributed by atoms with Crippen LogP contribution >= 0.6 is 23.2 Å². The average Bonchev–Trinajstić information content (AvgIpc) is 2.91. The maximum Gasteiger partial charge on any atom is 0.229 e. The number of carbonyl (C=O) groups excluding carboxylic acids is 1. The first-order valence-electron chi connectivity index (χ1n) is 6.70. The second kappa shape index (κ2) is 5.18. The van der Waals surface area contributed by atoms with Crippen molar-refractivity contribution in [3.63, 3.8) is 0 Å². The summed E-state index contributed by atoms with van der Waals surface area (Å²) in [7, 11) is 0.